The molecule has 1 saturated heterocycles. The quantitative estimate of drug-likeness (QED) is 0.460. The third-order valence-corrected chi connectivity index (χ3v) is 2.10. The molecule has 0 unspecified atom stereocenters. The predicted molar refractivity (Wildman–Crippen MR) is 43.7 cm³/mol. The monoisotopic (exact) mass is 130 g/mol. The van der Waals surface area contributed by atoms with Gasteiger partial charge in [-0.1, -0.05) is 6.32 Å². The Labute approximate surface area is 66.1 Å². The molecule has 0 amide bonds. The summed E-state index contributed by atoms with van der Waals surface area (Å²) in [6.45, 7) is 1.89. The SMILES string of the molecule is [B]C[C@@]1(C)O[C@@H]([B])C[C@@H]1[B]. The maximum Gasteiger partial charge on any atom is 0.108 e. The molecule has 1 rings (SSSR count). The fourth-order valence-electron chi connectivity index (χ4n) is 1.18. The van der Waals surface area contributed by atoms with Gasteiger partial charge in [0.15, 0.2) is 0 Å². The molecule has 3 atom stereocenters. The first-order valence-corrected chi connectivity index (χ1v) is 3.47. The molecule has 48 valence electrons. The molecule has 10 heavy (non-hydrogen) atoms. The first-order valence-electron chi connectivity index (χ1n) is 3.47. The molecule has 0 N–H and O–H groups in total. The van der Waals surface area contributed by atoms with Crippen LogP contribution in [0.15, 0.2) is 0 Å². The molecule has 1 nitrogen and oxygen atoms in total. The highest BCUT2D eigenvalue weighted by atomic mass is 16.5. The summed E-state index contributed by atoms with van der Waals surface area (Å²) in [5, 5.41) is 0. The molecule has 1 heterocycles. The van der Waals surface area contributed by atoms with E-state index < -0.39 is 5.60 Å². The van der Waals surface area contributed by atoms with Crippen LogP contribution in [-0.4, -0.2) is 35.1 Å². The molecular weight excluding hydrogens is 121 g/mol. The van der Waals surface area contributed by atoms with Gasteiger partial charge in [0.2, 0.25) is 0 Å². The Balaban J connectivity index is 2.61. The average Bonchev–Trinajstić information content (AvgIpc) is 2.09. The molecule has 0 saturated carbocycles. The van der Waals surface area contributed by atoms with Crippen molar-refractivity contribution >= 4 is 23.5 Å². The molecule has 0 aliphatic carbocycles. The predicted octanol–water partition coefficient (Wildman–Crippen LogP) is 0.204. The van der Waals surface area contributed by atoms with Crippen molar-refractivity contribution < 1.29 is 4.74 Å². The summed E-state index contributed by atoms with van der Waals surface area (Å²) < 4.78 is 5.34. The molecule has 0 aromatic rings. The third-order valence-electron chi connectivity index (χ3n) is 2.10. The van der Waals surface area contributed by atoms with Crippen LogP contribution in [0, 0.1) is 0 Å². The third kappa shape index (κ3) is 1.27. The van der Waals surface area contributed by atoms with E-state index in [1.165, 1.54) is 0 Å². The number of hydrogen-bond donors (Lipinski definition) is 0. The van der Waals surface area contributed by atoms with Gasteiger partial charge in [0, 0.05) is 6.00 Å². The van der Waals surface area contributed by atoms with Crippen molar-refractivity contribution in [3.63, 3.8) is 0 Å². The van der Waals surface area contributed by atoms with Crippen LogP contribution >= 0.6 is 0 Å². The van der Waals surface area contributed by atoms with E-state index in [2.05, 4.69) is 0 Å². The minimum atomic E-state index is -0.403. The second-order valence-electron chi connectivity index (χ2n) is 3.02. The Morgan fingerprint density at radius 1 is 1.60 bits per heavy atom. The van der Waals surface area contributed by atoms with Crippen LogP contribution in [0.4, 0.5) is 0 Å². The topological polar surface area (TPSA) is 9.23 Å². The number of ether oxygens (including phenoxy) is 1. The van der Waals surface area contributed by atoms with Crippen molar-refractivity contribution in [2.24, 2.45) is 0 Å². The van der Waals surface area contributed by atoms with Crippen LogP contribution in [-0.2, 0) is 4.74 Å². The van der Waals surface area contributed by atoms with Crippen molar-refractivity contribution in [2.75, 3.05) is 0 Å². The van der Waals surface area contributed by atoms with E-state index in [1.807, 2.05) is 6.92 Å². The van der Waals surface area contributed by atoms with E-state index in [1.54, 1.807) is 0 Å². The standard InChI is InChI=1S/C6H9B3O/c1-6(3-7)4(8)2-5(9)10-6/h4-5H,2-3H2,1H3/t4-,5+,6+/m0/s1. The fraction of sp³-hybridized carbons (Fsp3) is 1.00. The molecule has 4 heteroatoms. The van der Waals surface area contributed by atoms with Crippen LogP contribution in [0.5, 0.6) is 0 Å². The summed E-state index contributed by atoms with van der Waals surface area (Å²) in [5.41, 5.74) is -0.403. The molecule has 0 aromatic carbocycles. The van der Waals surface area contributed by atoms with Crippen LogP contribution in [0.2, 0.25) is 12.1 Å². The Morgan fingerprint density at radius 2 is 2.20 bits per heavy atom. The summed E-state index contributed by atoms with van der Waals surface area (Å²) in [5.74, 6) is -0.0208. The number of rotatable bonds is 1. The zero-order valence-electron chi connectivity index (χ0n) is 6.21. The van der Waals surface area contributed by atoms with Crippen molar-refractivity contribution in [3.8, 4) is 0 Å². The van der Waals surface area contributed by atoms with E-state index in [0.717, 1.165) is 0 Å². The van der Waals surface area contributed by atoms with Gasteiger partial charge in [-0.15, -0.1) is 0 Å². The number of hydrogen-bond acceptors (Lipinski definition) is 1. The summed E-state index contributed by atoms with van der Waals surface area (Å²) >= 11 is 0. The van der Waals surface area contributed by atoms with Gasteiger partial charge in [0.25, 0.3) is 0 Å². The van der Waals surface area contributed by atoms with Gasteiger partial charge in [-0.2, -0.15) is 0 Å². The smallest absolute Gasteiger partial charge is 0.108 e. The maximum atomic E-state index is 5.73. The van der Waals surface area contributed by atoms with Gasteiger partial charge in [0.05, 0.1) is 21.3 Å². The highest BCUT2D eigenvalue weighted by Crippen LogP contribution is 2.39. The van der Waals surface area contributed by atoms with Gasteiger partial charge in [-0.3, -0.25) is 0 Å². The highest BCUT2D eigenvalue weighted by Gasteiger charge is 2.37. The molecule has 0 spiro atoms. The van der Waals surface area contributed by atoms with Crippen LogP contribution in [0.3, 0.4) is 0 Å². The zero-order valence-corrected chi connectivity index (χ0v) is 6.21. The minimum absolute atomic E-state index is 0.0208. The lowest BCUT2D eigenvalue weighted by atomic mass is 9.68. The molecule has 1 fully saturated rings. The summed E-state index contributed by atoms with van der Waals surface area (Å²) in [6.07, 6.45) is 1.13. The van der Waals surface area contributed by atoms with Crippen LogP contribution in [0.1, 0.15) is 13.3 Å². The summed E-state index contributed by atoms with van der Waals surface area (Å²) in [4.78, 5) is 0. The van der Waals surface area contributed by atoms with Crippen LogP contribution in [0.25, 0.3) is 0 Å². The lowest BCUT2D eigenvalue weighted by Gasteiger charge is -2.27. The second-order valence-corrected chi connectivity index (χ2v) is 3.02. The second kappa shape index (κ2) is 2.65. The lowest BCUT2D eigenvalue weighted by molar-refractivity contribution is 0.0195. The van der Waals surface area contributed by atoms with E-state index in [4.69, 9.17) is 28.3 Å². The van der Waals surface area contributed by atoms with Gasteiger partial charge < -0.3 is 4.74 Å². The van der Waals surface area contributed by atoms with E-state index in [9.17, 15) is 0 Å². The van der Waals surface area contributed by atoms with E-state index >= 15 is 0 Å². The fourth-order valence-corrected chi connectivity index (χ4v) is 1.18. The average molecular weight is 130 g/mol. The molecule has 6 radical (unpaired) electrons. The van der Waals surface area contributed by atoms with Crippen molar-refractivity contribution in [3.05, 3.63) is 0 Å². The Hall–Kier alpha value is 0.155. The normalized spacial score (nSPS) is 47.7. The minimum Gasteiger partial charge on any atom is -0.383 e. The van der Waals surface area contributed by atoms with E-state index in [0.29, 0.717) is 12.7 Å². The first kappa shape index (κ1) is 8.25. The lowest BCUT2D eigenvalue weighted by Crippen LogP contribution is -2.28. The van der Waals surface area contributed by atoms with Crippen molar-refractivity contribution in [2.45, 2.75) is 37.1 Å². The molecular formula is C6H9B3O. The van der Waals surface area contributed by atoms with Crippen LogP contribution < -0.4 is 0 Å². The van der Waals surface area contributed by atoms with Gasteiger partial charge >= 0.3 is 0 Å². The van der Waals surface area contributed by atoms with Crippen molar-refractivity contribution in [1.82, 2.24) is 0 Å². The largest absolute Gasteiger partial charge is 0.383 e. The summed E-state index contributed by atoms with van der Waals surface area (Å²) in [6, 6.07) is -0.233. The molecule has 1 aliphatic rings. The Bertz CT molecular complexity index is 130. The maximum absolute atomic E-state index is 5.73. The Morgan fingerprint density at radius 3 is 2.40 bits per heavy atom. The first-order chi connectivity index (χ1) is 4.58. The van der Waals surface area contributed by atoms with Gasteiger partial charge in [-0.05, 0) is 19.2 Å². The Kier molecular flexibility index (Phi) is 2.19. The van der Waals surface area contributed by atoms with Gasteiger partial charge in [-0.25, -0.2) is 0 Å². The molecule has 0 bridgehead atoms. The van der Waals surface area contributed by atoms with E-state index in [-0.39, 0.29) is 11.8 Å². The zero-order chi connectivity index (χ0) is 7.78. The highest BCUT2D eigenvalue weighted by molar-refractivity contribution is 6.17. The van der Waals surface area contributed by atoms with Crippen molar-refractivity contribution in [1.29, 1.82) is 0 Å². The molecule has 1 aliphatic heterocycles. The molecule has 0 aromatic heterocycles. The summed E-state index contributed by atoms with van der Waals surface area (Å²) in [7, 11) is 16.7. The van der Waals surface area contributed by atoms with Gasteiger partial charge in [0.1, 0.15) is 7.85 Å².